The number of fused-ring (bicyclic) bond motifs is 2. The van der Waals surface area contributed by atoms with Crippen molar-refractivity contribution in [1.82, 2.24) is 19.5 Å². The Morgan fingerprint density at radius 1 is 1.24 bits per heavy atom. The van der Waals surface area contributed by atoms with Crippen LogP contribution in [0.25, 0.3) is 17.0 Å². The Balaban J connectivity index is 1.67. The van der Waals surface area contributed by atoms with Gasteiger partial charge in [-0.25, -0.2) is 8.96 Å². The van der Waals surface area contributed by atoms with Gasteiger partial charge in [0.25, 0.3) is 5.91 Å². The number of carbonyl (C=O) groups excluding carboxylic acids is 1. The minimum Gasteiger partial charge on any atom is -0.477 e. The van der Waals surface area contributed by atoms with Gasteiger partial charge in [-0.3, -0.25) is 4.79 Å². The highest BCUT2D eigenvalue weighted by atomic mass is 19.1. The number of methoxy groups -OCH3 is 1. The Morgan fingerprint density at radius 2 is 2.06 bits per heavy atom. The summed E-state index contributed by atoms with van der Waals surface area (Å²) < 4.78 is 27.0. The largest absolute Gasteiger partial charge is 0.477 e. The number of nitrogens with two attached hydrogens (primary N) is 1. The number of hydrogen-bond acceptors (Lipinski definition) is 7. The highest BCUT2D eigenvalue weighted by Gasteiger charge is 2.25. The zero-order valence-corrected chi connectivity index (χ0v) is 17.8. The van der Waals surface area contributed by atoms with Gasteiger partial charge in [-0.2, -0.15) is 15.0 Å². The molecule has 10 heteroatoms. The molecule has 0 bridgehead atoms. The van der Waals surface area contributed by atoms with E-state index in [1.807, 2.05) is 30.3 Å². The van der Waals surface area contributed by atoms with Crippen LogP contribution in [0.15, 0.2) is 42.5 Å². The van der Waals surface area contributed by atoms with E-state index in [4.69, 9.17) is 20.2 Å². The van der Waals surface area contributed by atoms with Crippen LogP contribution in [0.3, 0.4) is 0 Å². The minimum absolute atomic E-state index is 0.0568. The number of aromatic nitrogens is 4. The zero-order chi connectivity index (χ0) is 22.9. The number of nitrogens with zero attached hydrogens (tertiary/aromatic N) is 4. The van der Waals surface area contributed by atoms with Crippen LogP contribution in [0.5, 0.6) is 11.9 Å². The first-order chi connectivity index (χ1) is 16.0. The predicted molar refractivity (Wildman–Crippen MR) is 119 cm³/mol. The van der Waals surface area contributed by atoms with Crippen molar-refractivity contribution in [2.45, 2.75) is 19.4 Å². The number of halogens is 1. The van der Waals surface area contributed by atoms with Gasteiger partial charge in [0.15, 0.2) is 0 Å². The fourth-order valence-corrected chi connectivity index (χ4v) is 3.88. The number of carbonyl (C=O) groups is 1. The van der Waals surface area contributed by atoms with Crippen molar-refractivity contribution in [2.75, 3.05) is 19.0 Å². The first kappa shape index (κ1) is 20.7. The maximum atomic E-state index is 14.4. The summed E-state index contributed by atoms with van der Waals surface area (Å²) in [5.41, 5.74) is 7.79. The minimum atomic E-state index is -0.799. The Hall–Kier alpha value is -4.21. The van der Waals surface area contributed by atoms with E-state index < -0.39 is 11.7 Å². The lowest BCUT2D eigenvalue weighted by atomic mass is 10.1. The molecular weight excluding hydrogens is 427 g/mol. The molecule has 3 heterocycles. The van der Waals surface area contributed by atoms with Crippen LogP contribution in [0.2, 0.25) is 0 Å². The maximum Gasteiger partial charge on any atom is 0.304 e. The Kier molecular flexibility index (Phi) is 5.25. The molecule has 0 unspecified atom stereocenters. The van der Waals surface area contributed by atoms with Gasteiger partial charge in [0.2, 0.25) is 11.8 Å². The van der Waals surface area contributed by atoms with Gasteiger partial charge in [-0.15, -0.1) is 0 Å². The summed E-state index contributed by atoms with van der Waals surface area (Å²) in [6, 6.07) is 12.3. The number of hydrogen-bond donors (Lipinski definition) is 2. The van der Waals surface area contributed by atoms with Gasteiger partial charge in [0, 0.05) is 12.6 Å². The fraction of sp³-hybridized carbons (Fsp3) is 0.217. The van der Waals surface area contributed by atoms with E-state index in [0.717, 1.165) is 30.0 Å². The first-order valence-electron chi connectivity index (χ1n) is 10.4. The van der Waals surface area contributed by atoms with E-state index >= 15 is 0 Å². The lowest BCUT2D eigenvalue weighted by Crippen LogP contribution is -2.17. The topological polar surface area (TPSA) is 117 Å². The molecule has 168 valence electrons. The fourth-order valence-electron chi connectivity index (χ4n) is 3.88. The van der Waals surface area contributed by atoms with Crippen molar-refractivity contribution in [3.8, 4) is 17.8 Å². The van der Waals surface area contributed by atoms with E-state index in [0.29, 0.717) is 24.8 Å². The molecule has 4 aromatic rings. The van der Waals surface area contributed by atoms with Crippen molar-refractivity contribution >= 4 is 22.8 Å². The summed E-state index contributed by atoms with van der Waals surface area (Å²) in [5, 5.41) is 3.36. The Morgan fingerprint density at radius 3 is 2.82 bits per heavy atom. The normalized spacial score (nSPS) is 12.8. The molecule has 9 nitrogen and oxygen atoms in total. The number of ether oxygens (including phenoxy) is 2. The third kappa shape index (κ3) is 3.79. The number of rotatable bonds is 6. The molecule has 0 atom stereocenters. The van der Waals surface area contributed by atoms with E-state index in [2.05, 4.69) is 15.3 Å². The lowest BCUT2D eigenvalue weighted by molar-refractivity contribution is 0.100. The van der Waals surface area contributed by atoms with Crippen LogP contribution >= 0.6 is 0 Å². The third-order valence-corrected chi connectivity index (χ3v) is 5.41. The molecule has 0 saturated heterocycles. The highest BCUT2D eigenvalue weighted by Crippen LogP contribution is 2.33. The summed E-state index contributed by atoms with van der Waals surface area (Å²) in [6.07, 6.45) is 1.61. The van der Waals surface area contributed by atoms with Crippen molar-refractivity contribution in [1.29, 1.82) is 0 Å². The molecule has 0 saturated carbocycles. The van der Waals surface area contributed by atoms with E-state index in [1.165, 1.54) is 17.7 Å². The van der Waals surface area contributed by atoms with Crippen molar-refractivity contribution in [3.63, 3.8) is 0 Å². The second kappa shape index (κ2) is 8.38. The van der Waals surface area contributed by atoms with Crippen LogP contribution in [-0.2, 0) is 13.0 Å². The van der Waals surface area contributed by atoms with Gasteiger partial charge >= 0.3 is 6.01 Å². The van der Waals surface area contributed by atoms with Gasteiger partial charge in [0.1, 0.15) is 17.2 Å². The summed E-state index contributed by atoms with van der Waals surface area (Å²) in [6.45, 7) is 1.08. The predicted octanol–water partition coefficient (Wildman–Crippen LogP) is 3.00. The van der Waals surface area contributed by atoms with Crippen LogP contribution in [0.4, 0.5) is 10.2 Å². The SMILES string of the molecule is COc1nc2c(C(N)=O)cc(F)cc2n1-c1nc(NCc2ccccc2)c2c(n1)OCCC2. The summed E-state index contributed by atoms with van der Waals surface area (Å²) in [7, 11) is 1.42. The van der Waals surface area contributed by atoms with Crippen LogP contribution in [0.1, 0.15) is 27.9 Å². The number of benzene rings is 2. The molecule has 1 aliphatic rings. The van der Waals surface area contributed by atoms with E-state index in [1.54, 1.807) is 0 Å². The number of nitrogens with one attached hydrogen (secondary N) is 1. The van der Waals surface area contributed by atoms with Gasteiger partial charge in [0.05, 0.1) is 30.4 Å². The third-order valence-electron chi connectivity index (χ3n) is 5.41. The van der Waals surface area contributed by atoms with Crippen LogP contribution in [-0.4, -0.2) is 39.1 Å². The summed E-state index contributed by atoms with van der Waals surface area (Å²) in [5.74, 6) is -0.221. The first-order valence-corrected chi connectivity index (χ1v) is 10.4. The Labute approximate surface area is 188 Å². The van der Waals surface area contributed by atoms with E-state index in [-0.39, 0.29) is 28.6 Å². The lowest BCUT2D eigenvalue weighted by Gasteiger charge is -2.21. The molecule has 1 aliphatic heterocycles. The average molecular weight is 448 g/mol. The summed E-state index contributed by atoms with van der Waals surface area (Å²) in [4.78, 5) is 25.5. The molecule has 3 N–H and O–H groups in total. The molecule has 0 spiro atoms. The van der Waals surface area contributed by atoms with E-state index in [9.17, 15) is 9.18 Å². The molecule has 0 fully saturated rings. The van der Waals surface area contributed by atoms with Crippen molar-refractivity contribution in [2.24, 2.45) is 5.73 Å². The molecular formula is C23H21FN6O3. The summed E-state index contributed by atoms with van der Waals surface area (Å²) >= 11 is 0. The van der Waals surface area contributed by atoms with Gasteiger partial charge in [-0.05, 0) is 24.5 Å². The average Bonchev–Trinajstić information content (AvgIpc) is 3.20. The number of amides is 1. The highest BCUT2D eigenvalue weighted by molar-refractivity contribution is 6.04. The number of imidazole rings is 1. The van der Waals surface area contributed by atoms with Gasteiger partial charge < -0.3 is 20.5 Å². The number of primary amides is 1. The van der Waals surface area contributed by atoms with Crippen LogP contribution < -0.4 is 20.5 Å². The smallest absolute Gasteiger partial charge is 0.304 e. The van der Waals surface area contributed by atoms with Gasteiger partial charge in [-0.1, -0.05) is 30.3 Å². The second-order valence-corrected chi connectivity index (χ2v) is 7.57. The molecule has 0 aliphatic carbocycles. The molecule has 2 aromatic heterocycles. The molecule has 2 aromatic carbocycles. The monoisotopic (exact) mass is 448 g/mol. The zero-order valence-electron chi connectivity index (χ0n) is 17.8. The molecule has 1 amide bonds. The van der Waals surface area contributed by atoms with Crippen LogP contribution in [0, 0.1) is 5.82 Å². The molecule has 33 heavy (non-hydrogen) atoms. The standard InChI is InChI=1S/C23H21FN6O3/c1-32-23-27-18-16(19(25)31)10-14(24)11-17(18)30(23)22-28-20(15-8-5-9-33-21(15)29-22)26-12-13-6-3-2-4-7-13/h2-4,6-7,10-11H,5,8-9,12H2,1H3,(H2,25,31)(H,26,28,29). The van der Waals surface area contributed by atoms with Crippen molar-refractivity contribution in [3.05, 3.63) is 65.0 Å². The van der Waals surface area contributed by atoms with Crippen molar-refractivity contribution < 1.29 is 18.7 Å². The quantitative estimate of drug-likeness (QED) is 0.466. The molecule has 5 rings (SSSR count). The number of anilines is 1. The Bertz CT molecular complexity index is 1360. The second-order valence-electron chi connectivity index (χ2n) is 7.57. The maximum absolute atomic E-state index is 14.4. The molecule has 0 radical (unpaired) electrons.